The number of hydrogen-bond donors (Lipinski definition) is 4. The zero-order valence-corrected chi connectivity index (χ0v) is 9.78. The number of hydrogen-bond acceptors (Lipinski definition) is 6. The van der Waals surface area contributed by atoms with E-state index >= 15 is 0 Å². The van der Waals surface area contributed by atoms with E-state index < -0.39 is 29.7 Å². The van der Waals surface area contributed by atoms with Gasteiger partial charge in [-0.05, 0) is 0 Å². The lowest BCUT2D eigenvalue weighted by atomic mass is 10.2. The molecule has 1 aliphatic rings. The number of aliphatic hydroxyl groups is 2. The molecule has 9 nitrogen and oxygen atoms in total. The lowest BCUT2D eigenvalue weighted by Gasteiger charge is -2.17. The molecule has 0 aliphatic carbocycles. The molecule has 1 saturated heterocycles. The Morgan fingerprint density at radius 3 is 2.89 bits per heavy atom. The van der Waals surface area contributed by atoms with Gasteiger partial charge in [-0.25, -0.2) is 4.79 Å². The number of amides is 1. The number of aromatic nitrogens is 2. The van der Waals surface area contributed by atoms with Crippen LogP contribution in [0.5, 0.6) is 0 Å². The summed E-state index contributed by atoms with van der Waals surface area (Å²) in [6.07, 6.45) is -1.05. The van der Waals surface area contributed by atoms with Crippen LogP contribution >= 0.6 is 0 Å². The highest BCUT2D eigenvalue weighted by molar-refractivity contribution is 5.69. The van der Waals surface area contributed by atoms with E-state index in [9.17, 15) is 19.5 Å². The molecule has 0 bridgehead atoms. The second-order valence-electron chi connectivity index (χ2n) is 4.11. The minimum atomic E-state index is -1.02. The third-order valence-corrected chi connectivity index (χ3v) is 2.83. The van der Waals surface area contributed by atoms with Gasteiger partial charge in [0.1, 0.15) is 11.8 Å². The third kappa shape index (κ3) is 2.57. The van der Waals surface area contributed by atoms with Crippen LogP contribution in [0, 0.1) is 0 Å². The molecule has 1 aromatic heterocycles. The van der Waals surface area contributed by atoms with Gasteiger partial charge in [0, 0.05) is 12.6 Å². The number of anilines is 1. The summed E-state index contributed by atoms with van der Waals surface area (Å²) >= 11 is 0. The molecule has 1 unspecified atom stereocenters. The summed E-state index contributed by atoms with van der Waals surface area (Å²) in [5.74, 6) is 0. The van der Waals surface area contributed by atoms with Crippen molar-refractivity contribution in [3.05, 3.63) is 27.0 Å². The Balaban J connectivity index is 2.39. The Morgan fingerprint density at radius 2 is 2.32 bits per heavy atom. The van der Waals surface area contributed by atoms with E-state index in [0.29, 0.717) is 6.41 Å². The summed E-state index contributed by atoms with van der Waals surface area (Å²) in [6.45, 7) is -0.287. The number of carbonyl (C=O) groups is 1. The summed E-state index contributed by atoms with van der Waals surface area (Å²) < 4.78 is 6.25. The number of aliphatic hydroxyl groups excluding tert-OH is 2. The van der Waals surface area contributed by atoms with Gasteiger partial charge in [0.25, 0.3) is 5.56 Å². The highest BCUT2D eigenvalue weighted by Crippen LogP contribution is 2.27. The van der Waals surface area contributed by atoms with Crippen molar-refractivity contribution in [2.24, 2.45) is 0 Å². The van der Waals surface area contributed by atoms with Crippen molar-refractivity contribution in [2.75, 3.05) is 11.9 Å². The van der Waals surface area contributed by atoms with Crippen LogP contribution in [0.4, 0.5) is 5.69 Å². The van der Waals surface area contributed by atoms with Crippen LogP contribution in [-0.4, -0.2) is 45.0 Å². The summed E-state index contributed by atoms with van der Waals surface area (Å²) in [5, 5.41) is 20.9. The van der Waals surface area contributed by atoms with Gasteiger partial charge in [0.15, 0.2) is 6.23 Å². The molecule has 0 spiro atoms. The number of carbonyl (C=O) groups excluding carboxylic acids is 1. The molecule has 104 valence electrons. The van der Waals surface area contributed by atoms with Crippen molar-refractivity contribution in [3.63, 3.8) is 0 Å². The summed E-state index contributed by atoms with van der Waals surface area (Å²) in [5.41, 5.74) is -1.67. The smallest absolute Gasteiger partial charge is 0.330 e. The van der Waals surface area contributed by atoms with Crippen LogP contribution in [0.2, 0.25) is 0 Å². The van der Waals surface area contributed by atoms with Gasteiger partial charge in [-0.1, -0.05) is 0 Å². The van der Waals surface area contributed by atoms with Crippen molar-refractivity contribution in [1.82, 2.24) is 9.55 Å². The average Bonchev–Trinajstić information content (AvgIpc) is 2.74. The number of aromatic amines is 1. The minimum absolute atomic E-state index is 0.141. The maximum atomic E-state index is 11.7. The van der Waals surface area contributed by atoms with Crippen LogP contribution in [0.3, 0.4) is 0 Å². The molecule has 1 aliphatic heterocycles. The van der Waals surface area contributed by atoms with Crippen LogP contribution in [0.25, 0.3) is 0 Å². The fourth-order valence-corrected chi connectivity index (χ4v) is 1.94. The first-order valence-electron chi connectivity index (χ1n) is 5.57. The van der Waals surface area contributed by atoms with Crippen LogP contribution in [0.15, 0.2) is 15.8 Å². The van der Waals surface area contributed by atoms with Crippen LogP contribution < -0.4 is 16.6 Å². The predicted molar refractivity (Wildman–Crippen MR) is 62.6 cm³/mol. The quantitative estimate of drug-likeness (QED) is 0.457. The number of rotatable bonds is 4. The predicted octanol–water partition coefficient (Wildman–Crippen LogP) is -2.25. The van der Waals surface area contributed by atoms with Gasteiger partial charge in [0.2, 0.25) is 6.41 Å². The first kappa shape index (κ1) is 13.5. The number of ether oxygens (including phenoxy) is 1. The molecule has 2 rings (SSSR count). The number of nitrogens with one attached hydrogen (secondary N) is 2. The van der Waals surface area contributed by atoms with Gasteiger partial charge in [-0.15, -0.1) is 0 Å². The monoisotopic (exact) mass is 271 g/mol. The Kier molecular flexibility index (Phi) is 3.79. The van der Waals surface area contributed by atoms with Crippen molar-refractivity contribution in [1.29, 1.82) is 0 Å². The lowest BCUT2D eigenvalue weighted by Crippen LogP contribution is -2.36. The first-order chi connectivity index (χ1) is 9.06. The fraction of sp³-hybridized carbons (Fsp3) is 0.500. The average molecular weight is 271 g/mol. The molecule has 0 aromatic carbocycles. The summed E-state index contributed by atoms with van der Waals surface area (Å²) in [7, 11) is 0. The van der Waals surface area contributed by atoms with Crippen molar-refractivity contribution < 1.29 is 19.7 Å². The molecule has 2 heterocycles. The van der Waals surface area contributed by atoms with Crippen molar-refractivity contribution in [2.45, 2.75) is 24.9 Å². The Bertz CT molecular complexity index is 579. The van der Waals surface area contributed by atoms with E-state index in [2.05, 4.69) is 5.32 Å². The van der Waals surface area contributed by atoms with E-state index in [1.165, 1.54) is 0 Å². The van der Waals surface area contributed by atoms with Crippen molar-refractivity contribution in [3.8, 4) is 0 Å². The molecule has 1 fully saturated rings. The molecular weight excluding hydrogens is 258 g/mol. The standard InChI is InChI=1S/C10H13N3O6/c14-3-5-1-7(16)9(19-5)13-2-6(11-4-15)8(17)12-10(13)18/h2,4-5,7,9,14,16H,1,3H2,(H,11,15)(H,12,17,18)/t5-,7?,9+/m0/s1. The molecule has 3 atom stereocenters. The molecule has 0 radical (unpaired) electrons. The Morgan fingerprint density at radius 1 is 1.58 bits per heavy atom. The second kappa shape index (κ2) is 5.34. The molecular formula is C10H13N3O6. The minimum Gasteiger partial charge on any atom is -0.394 e. The molecule has 1 amide bonds. The zero-order chi connectivity index (χ0) is 14.0. The maximum Gasteiger partial charge on any atom is 0.330 e. The Labute approximate surface area is 106 Å². The third-order valence-electron chi connectivity index (χ3n) is 2.83. The number of nitrogens with zero attached hydrogens (tertiary/aromatic N) is 1. The van der Waals surface area contributed by atoms with Gasteiger partial charge >= 0.3 is 5.69 Å². The zero-order valence-electron chi connectivity index (χ0n) is 9.78. The normalized spacial score (nSPS) is 26.3. The highest BCUT2D eigenvalue weighted by Gasteiger charge is 2.35. The first-order valence-corrected chi connectivity index (χ1v) is 5.57. The SMILES string of the molecule is O=CNc1cn([C@@H]2O[C@H](CO)CC2O)c(=O)[nH]c1=O. The van der Waals surface area contributed by atoms with E-state index in [1.54, 1.807) is 0 Å². The number of H-pyrrole nitrogens is 1. The maximum absolute atomic E-state index is 11.7. The molecule has 4 N–H and O–H groups in total. The van der Waals surface area contributed by atoms with Crippen LogP contribution in [-0.2, 0) is 9.53 Å². The topological polar surface area (TPSA) is 134 Å². The molecule has 19 heavy (non-hydrogen) atoms. The van der Waals surface area contributed by atoms with E-state index in [1.807, 2.05) is 4.98 Å². The second-order valence-corrected chi connectivity index (χ2v) is 4.11. The van der Waals surface area contributed by atoms with Gasteiger partial charge in [-0.2, -0.15) is 0 Å². The van der Waals surface area contributed by atoms with E-state index in [4.69, 9.17) is 9.84 Å². The van der Waals surface area contributed by atoms with E-state index in [0.717, 1.165) is 10.8 Å². The Hall–Kier alpha value is -1.97. The molecule has 9 heteroatoms. The van der Waals surface area contributed by atoms with Crippen molar-refractivity contribution >= 4 is 12.1 Å². The molecule has 1 aromatic rings. The fourth-order valence-electron chi connectivity index (χ4n) is 1.94. The van der Waals surface area contributed by atoms with E-state index in [-0.39, 0.29) is 18.7 Å². The van der Waals surface area contributed by atoms with Gasteiger partial charge < -0.3 is 20.3 Å². The van der Waals surface area contributed by atoms with Gasteiger partial charge in [0.05, 0.1) is 12.7 Å². The molecule has 0 saturated carbocycles. The summed E-state index contributed by atoms with van der Waals surface area (Å²) in [6, 6.07) is 0. The summed E-state index contributed by atoms with van der Waals surface area (Å²) in [4.78, 5) is 35.4. The largest absolute Gasteiger partial charge is 0.394 e. The van der Waals surface area contributed by atoms with Gasteiger partial charge in [-0.3, -0.25) is 19.1 Å². The highest BCUT2D eigenvalue weighted by atomic mass is 16.5. The lowest BCUT2D eigenvalue weighted by molar-refractivity contribution is -0.105. The van der Waals surface area contributed by atoms with Crippen LogP contribution in [0.1, 0.15) is 12.6 Å².